The van der Waals surface area contributed by atoms with E-state index >= 15 is 0 Å². The molecule has 0 aliphatic rings. The van der Waals surface area contributed by atoms with Gasteiger partial charge in [-0.05, 0) is 48.2 Å². The van der Waals surface area contributed by atoms with Gasteiger partial charge < -0.3 is 25.2 Å². The summed E-state index contributed by atoms with van der Waals surface area (Å²) in [5.74, 6) is -1.77. The summed E-state index contributed by atoms with van der Waals surface area (Å²) in [6.07, 6.45) is 4.27. The van der Waals surface area contributed by atoms with Gasteiger partial charge in [-0.3, -0.25) is 4.79 Å². The third-order valence-corrected chi connectivity index (χ3v) is 3.81. The second kappa shape index (κ2) is 8.10. The molecule has 25 heavy (non-hydrogen) atoms. The molecule has 2 rings (SSSR count). The fourth-order valence-corrected chi connectivity index (χ4v) is 2.36. The van der Waals surface area contributed by atoms with Crippen LogP contribution in [0.25, 0.3) is 6.08 Å². The number of benzene rings is 2. The van der Waals surface area contributed by atoms with Gasteiger partial charge >= 0.3 is 5.97 Å². The molecule has 2 aromatic carbocycles. The van der Waals surface area contributed by atoms with Crippen LogP contribution in [0.2, 0.25) is 0 Å². The predicted octanol–water partition coefficient (Wildman–Crippen LogP) is 2.94. The summed E-state index contributed by atoms with van der Waals surface area (Å²) in [6.45, 7) is 0. The smallest absolute Gasteiger partial charge is 0.312 e. The highest BCUT2D eigenvalue weighted by Gasteiger charge is 2.16. The highest BCUT2D eigenvalue weighted by Crippen LogP contribution is 2.27. The Kier molecular flexibility index (Phi) is 5.89. The number of aromatic hydroxyl groups is 4. The zero-order valence-corrected chi connectivity index (χ0v) is 13.7. The molecule has 0 bridgehead atoms. The SMILES string of the molecule is COC(=O)C(C=Cc1ccc(O)c(O)c1)CCc1ccc(O)c(O)c1. The standard InChI is InChI=1S/C19H20O6/c1-25-19(24)14(6-2-12-4-8-15(20)17(22)10-12)7-3-13-5-9-16(21)18(23)11-13/h2,4-6,8-11,14,20-23H,3,7H2,1H3. The molecular weight excluding hydrogens is 324 g/mol. The summed E-state index contributed by atoms with van der Waals surface area (Å²) < 4.78 is 4.81. The van der Waals surface area contributed by atoms with E-state index in [4.69, 9.17) is 4.74 Å². The Balaban J connectivity index is 2.10. The number of methoxy groups -OCH3 is 1. The third kappa shape index (κ3) is 4.91. The number of carbonyl (C=O) groups excluding carboxylic acids is 1. The maximum atomic E-state index is 11.9. The molecule has 0 amide bonds. The van der Waals surface area contributed by atoms with E-state index in [0.717, 1.165) is 5.56 Å². The van der Waals surface area contributed by atoms with Crippen molar-refractivity contribution in [1.82, 2.24) is 0 Å². The van der Waals surface area contributed by atoms with Crippen molar-refractivity contribution in [2.24, 2.45) is 5.92 Å². The molecular formula is C19H20O6. The van der Waals surface area contributed by atoms with Crippen LogP contribution in [-0.4, -0.2) is 33.5 Å². The molecule has 0 heterocycles. The van der Waals surface area contributed by atoms with Crippen molar-refractivity contribution < 1.29 is 30.0 Å². The van der Waals surface area contributed by atoms with Gasteiger partial charge in [-0.25, -0.2) is 0 Å². The van der Waals surface area contributed by atoms with Crippen LogP contribution in [0, 0.1) is 5.92 Å². The van der Waals surface area contributed by atoms with Gasteiger partial charge in [-0.1, -0.05) is 24.3 Å². The Morgan fingerprint density at radius 1 is 1.00 bits per heavy atom. The van der Waals surface area contributed by atoms with Crippen molar-refractivity contribution in [2.45, 2.75) is 12.8 Å². The molecule has 132 valence electrons. The van der Waals surface area contributed by atoms with E-state index in [9.17, 15) is 25.2 Å². The van der Waals surface area contributed by atoms with Crippen molar-refractivity contribution in [1.29, 1.82) is 0 Å². The summed E-state index contributed by atoms with van der Waals surface area (Å²) in [5, 5.41) is 37.7. The Morgan fingerprint density at radius 2 is 1.64 bits per heavy atom. The lowest BCUT2D eigenvalue weighted by Gasteiger charge is -2.11. The van der Waals surface area contributed by atoms with Crippen molar-refractivity contribution in [3.05, 3.63) is 53.6 Å². The molecule has 0 saturated heterocycles. The predicted molar refractivity (Wildman–Crippen MR) is 92.4 cm³/mol. The number of phenolic OH excluding ortho intramolecular Hbond substituents is 4. The van der Waals surface area contributed by atoms with E-state index in [0.29, 0.717) is 18.4 Å². The van der Waals surface area contributed by atoms with E-state index in [-0.39, 0.29) is 23.0 Å². The van der Waals surface area contributed by atoms with Crippen LogP contribution >= 0.6 is 0 Å². The minimum Gasteiger partial charge on any atom is -0.504 e. The molecule has 0 aliphatic heterocycles. The average Bonchev–Trinajstić information content (AvgIpc) is 2.60. The quantitative estimate of drug-likeness (QED) is 0.474. The number of aryl methyl sites for hydroxylation is 1. The second-order valence-electron chi connectivity index (χ2n) is 5.60. The van der Waals surface area contributed by atoms with Gasteiger partial charge in [0, 0.05) is 0 Å². The average molecular weight is 344 g/mol. The molecule has 4 N–H and O–H groups in total. The molecule has 0 radical (unpaired) electrons. The highest BCUT2D eigenvalue weighted by atomic mass is 16.5. The van der Waals surface area contributed by atoms with Gasteiger partial charge in [-0.2, -0.15) is 0 Å². The van der Waals surface area contributed by atoms with Gasteiger partial charge in [0.25, 0.3) is 0 Å². The van der Waals surface area contributed by atoms with E-state index in [1.54, 1.807) is 24.3 Å². The Bertz CT molecular complexity index is 781. The van der Waals surface area contributed by atoms with Crippen LogP contribution in [0.3, 0.4) is 0 Å². The fourth-order valence-electron chi connectivity index (χ4n) is 2.36. The first-order valence-electron chi connectivity index (χ1n) is 7.69. The Labute approximate surface area is 145 Å². The summed E-state index contributed by atoms with van der Waals surface area (Å²) >= 11 is 0. The highest BCUT2D eigenvalue weighted by molar-refractivity contribution is 5.76. The maximum absolute atomic E-state index is 11.9. The second-order valence-corrected chi connectivity index (χ2v) is 5.60. The topological polar surface area (TPSA) is 107 Å². The molecule has 2 aromatic rings. The summed E-state index contributed by atoms with van der Waals surface area (Å²) in [6, 6.07) is 8.88. The van der Waals surface area contributed by atoms with Crippen LogP contribution in [-0.2, 0) is 16.0 Å². The minimum atomic E-state index is -0.517. The van der Waals surface area contributed by atoms with Gasteiger partial charge in [0.2, 0.25) is 0 Å². The summed E-state index contributed by atoms with van der Waals surface area (Å²) in [5.41, 5.74) is 1.41. The number of esters is 1. The van der Waals surface area contributed by atoms with Crippen LogP contribution in [0.4, 0.5) is 0 Å². The van der Waals surface area contributed by atoms with Gasteiger partial charge in [0.15, 0.2) is 23.0 Å². The maximum Gasteiger partial charge on any atom is 0.312 e. The summed E-state index contributed by atoms with van der Waals surface area (Å²) in [4.78, 5) is 11.9. The molecule has 0 aliphatic carbocycles. The van der Waals surface area contributed by atoms with E-state index in [1.165, 1.54) is 31.4 Å². The molecule has 0 aromatic heterocycles. The first-order valence-corrected chi connectivity index (χ1v) is 7.69. The van der Waals surface area contributed by atoms with Crippen molar-refractivity contribution in [3.63, 3.8) is 0 Å². The summed E-state index contributed by atoms with van der Waals surface area (Å²) in [7, 11) is 1.31. The number of ether oxygens (including phenoxy) is 1. The van der Waals surface area contributed by atoms with Crippen molar-refractivity contribution in [3.8, 4) is 23.0 Å². The molecule has 6 heteroatoms. The molecule has 0 saturated carbocycles. The molecule has 0 fully saturated rings. The van der Waals surface area contributed by atoms with Crippen molar-refractivity contribution >= 4 is 12.0 Å². The van der Waals surface area contributed by atoms with Gasteiger partial charge in [-0.15, -0.1) is 0 Å². The Morgan fingerprint density at radius 3 is 2.24 bits per heavy atom. The van der Waals surface area contributed by atoms with E-state index < -0.39 is 11.9 Å². The van der Waals surface area contributed by atoms with Gasteiger partial charge in [0.1, 0.15) is 0 Å². The normalized spacial score (nSPS) is 12.2. The van der Waals surface area contributed by atoms with E-state index in [2.05, 4.69) is 0 Å². The van der Waals surface area contributed by atoms with Crippen LogP contribution in [0.5, 0.6) is 23.0 Å². The van der Waals surface area contributed by atoms with Crippen molar-refractivity contribution in [2.75, 3.05) is 7.11 Å². The largest absolute Gasteiger partial charge is 0.504 e. The first kappa shape index (κ1) is 18.2. The van der Waals surface area contributed by atoms with E-state index in [1.807, 2.05) is 0 Å². The van der Waals surface area contributed by atoms with Crippen LogP contribution < -0.4 is 0 Å². The number of hydrogen-bond acceptors (Lipinski definition) is 6. The lowest BCUT2D eigenvalue weighted by Crippen LogP contribution is -2.14. The first-order chi connectivity index (χ1) is 11.9. The molecule has 1 atom stereocenters. The fraction of sp³-hybridized carbons (Fsp3) is 0.211. The zero-order valence-electron chi connectivity index (χ0n) is 13.7. The lowest BCUT2D eigenvalue weighted by atomic mass is 9.98. The van der Waals surface area contributed by atoms with Gasteiger partial charge in [0.05, 0.1) is 13.0 Å². The third-order valence-electron chi connectivity index (χ3n) is 3.81. The number of carbonyl (C=O) groups is 1. The minimum absolute atomic E-state index is 0.194. The van der Waals surface area contributed by atoms with Crippen LogP contribution in [0.1, 0.15) is 17.5 Å². The zero-order chi connectivity index (χ0) is 18.4. The Hall–Kier alpha value is -3.15. The lowest BCUT2D eigenvalue weighted by molar-refractivity contribution is -0.143. The molecule has 0 spiro atoms. The monoisotopic (exact) mass is 344 g/mol. The van der Waals surface area contributed by atoms with Crippen LogP contribution in [0.15, 0.2) is 42.5 Å². The number of phenols is 4. The number of rotatable bonds is 6. The number of hydrogen-bond donors (Lipinski definition) is 4. The molecule has 6 nitrogen and oxygen atoms in total. The molecule has 1 unspecified atom stereocenters.